The fourth-order valence-electron chi connectivity index (χ4n) is 2.63. The van der Waals surface area contributed by atoms with E-state index in [-0.39, 0.29) is 28.6 Å². The van der Waals surface area contributed by atoms with E-state index in [1.54, 1.807) is 7.11 Å². The monoisotopic (exact) mass is 320 g/mol. The Morgan fingerprint density at radius 1 is 1.23 bits per heavy atom. The number of hydrogen-bond acceptors (Lipinski definition) is 3. The molecule has 0 radical (unpaired) electrons. The minimum Gasteiger partial charge on any atom is -0.497 e. The van der Waals surface area contributed by atoms with E-state index in [0.717, 1.165) is 11.3 Å². The van der Waals surface area contributed by atoms with Gasteiger partial charge in [0.05, 0.1) is 15.2 Å². The first-order chi connectivity index (χ1) is 10.1. The van der Waals surface area contributed by atoms with E-state index in [9.17, 15) is 4.79 Å². The van der Waals surface area contributed by atoms with Crippen LogP contribution in [-0.2, 0) is 9.53 Å². The Hall–Kier alpha value is -1.13. The van der Waals surface area contributed by atoms with Gasteiger partial charge in [0.15, 0.2) is 5.78 Å². The molecule has 4 heteroatoms. The SMILES string of the molecule is COc1ccc([C@H]2O[C@@H]2C(=O)[C@H](C)[Si](C)(C)C(C)(C)C)cc1. The highest BCUT2D eigenvalue weighted by molar-refractivity contribution is 6.84. The molecule has 122 valence electrons. The molecular formula is C18H28O3Si. The molecule has 1 saturated heterocycles. The average molecular weight is 321 g/mol. The predicted octanol–water partition coefficient (Wildman–Crippen LogP) is 4.60. The zero-order valence-corrected chi connectivity index (χ0v) is 15.8. The summed E-state index contributed by atoms with van der Waals surface area (Å²) >= 11 is 0. The zero-order valence-electron chi connectivity index (χ0n) is 14.8. The van der Waals surface area contributed by atoms with Gasteiger partial charge in [-0.05, 0) is 22.7 Å². The molecule has 0 aromatic heterocycles. The van der Waals surface area contributed by atoms with Crippen molar-refractivity contribution in [2.24, 2.45) is 0 Å². The van der Waals surface area contributed by atoms with Crippen LogP contribution in [0.5, 0.6) is 5.75 Å². The summed E-state index contributed by atoms with van der Waals surface area (Å²) in [4.78, 5) is 12.8. The molecule has 3 atom stereocenters. The highest BCUT2D eigenvalue weighted by Crippen LogP contribution is 2.48. The number of carbonyl (C=O) groups excluding carboxylic acids is 1. The lowest BCUT2D eigenvalue weighted by Gasteiger charge is -2.41. The number of benzene rings is 1. The molecule has 22 heavy (non-hydrogen) atoms. The molecule has 1 aliphatic rings. The van der Waals surface area contributed by atoms with Crippen LogP contribution in [0, 0.1) is 0 Å². The van der Waals surface area contributed by atoms with Gasteiger partial charge in [0.2, 0.25) is 0 Å². The molecule has 0 unspecified atom stereocenters. The van der Waals surface area contributed by atoms with Crippen molar-refractivity contribution in [3.05, 3.63) is 29.8 Å². The van der Waals surface area contributed by atoms with Crippen molar-refractivity contribution in [2.75, 3.05) is 7.11 Å². The van der Waals surface area contributed by atoms with E-state index in [1.807, 2.05) is 24.3 Å². The lowest BCUT2D eigenvalue weighted by Crippen LogP contribution is -2.45. The van der Waals surface area contributed by atoms with Gasteiger partial charge >= 0.3 is 0 Å². The van der Waals surface area contributed by atoms with E-state index in [0.29, 0.717) is 0 Å². The second kappa shape index (κ2) is 5.82. The van der Waals surface area contributed by atoms with Gasteiger partial charge < -0.3 is 9.47 Å². The van der Waals surface area contributed by atoms with E-state index in [2.05, 4.69) is 40.8 Å². The van der Waals surface area contributed by atoms with Crippen molar-refractivity contribution in [3.63, 3.8) is 0 Å². The second-order valence-corrected chi connectivity index (χ2v) is 13.7. The van der Waals surface area contributed by atoms with Crippen LogP contribution < -0.4 is 4.74 Å². The van der Waals surface area contributed by atoms with Crippen LogP contribution in [0.4, 0.5) is 0 Å². The quantitative estimate of drug-likeness (QED) is 0.588. The summed E-state index contributed by atoms with van der Waals surface area (Å²) in [6, 6.07) is 7.78. The van der Waals surface area contributed by atoms with Gasteiger partial charge in [0, 0.05) is 5.54 Å². The minimum absolute atomic E-state index is 0.0781. The molecule has 1 aromatic carbocycles. The molecule has 1 heterocycles. The molecule has 1 fully saturated rings. The number of methoxy groups -OCH3 is 1. The average Bonchev–Trinajstić information content (AvgIpc) is 3.25. The van der Waals surface area contributed by atoms with Crippen LogP contribution in [0.25, 0.3) is 0 Å². The van der Waals surface area contributed by atoms with Crippen molar-refractivity contribution in [3.8, 4) is 5.75 Å². The fraction of sp³-hybridized carbons (Fsp3) is 0.611. The maximum atomic E-state index is 12.8. The zero-order chi connectivity index (χ0) is 16.7. The van der Waals surface area contributed by atoms with Gasteiger partial charge in [-0.2, -0.15) is 0 Å². The standard InChI is InChI=1S/C18H28O3Si/c1-12(22(6,7)18(2,3)4)15(19)17-16(21-17)13-8-10-14(20-5)11-9-13/h8-12,16-17H,1-7H3/t12-,16+,17+/m0/s1. The normalized spacial score (nSPS) is 23.0. The number of epoxide rings is 1. The molecule has 0 bridgehead atoms. The largest absolute Gasteiger partial charge is 0.497 e. The van der Waals surface area contributed by atoms with Crippen LogP contribution in [-0.4, -0.2) is 27.1 Å². The maximum Gasteiger partial charge on any atom is 0.164 e. The van der Waals surface area contributed by atoms with E-state index >= 15 is 0 Å². The molecule has 0 saturated carbocycles. The molecule has 2 rings (SSSR count). The van der Waals surface area contributed by atoms with Gasteiger partial charge in [0.1, 0.15) is 18.0 Å². The third kappa shape index (κ3) is 3.13. The molecule has 0 amide bonds. The molecule has 0 spiro atoms. The summed E-state index contributed by atoms with van der Waals surface area (Å²) in [5.74, 6) is 1.09. The summed E-state index contributed by atoms with van der Waals surface area (Å²) in [6.45, 7) is 13.4. The highest BCUT2D eigenvalue weighted by atomic mass is 28.3. The summed E-state index contributed by atoms with van der Waals surface area (Å²) in [5, 5.41) is 0.201. The van der Waals surface area contributed by atoms with Gasteiger partial charge in [-0.25, -0.2) is 0 Å². The predicted molar refractivity (Wildman–Crippen MR) is 92.2 cm³/mol. The van der Waals surface area contributed by atoms with Gasteiger partial charge in [-0.3, -0.25) is 4.79 Å². The van der Waals surface area contributed by atoms with Crippen molar-refractivity contribution in [1.29, 1.82) is 0 Å². The summed E-state index contributed by atoms with van der Waals surface area (Å²) in [7, 11) is -0.0403. The highest BCUT2D eigenvalue weighted by Gasteiger charge is 2.52. The number of Topliss-reactive ketones (excluding diaryl/α,β-unsaturated/α-hetero) is 1. The van der Waals surface area contributed by atoms with Crippen LogP contribution in [0.2, 0.25) is 23.7 Å². The lowest BCUT2D eigenvalue weighted by atomic mass is 10.1. The number of carbonyl (C=O) groups is 1. The Morgan fingerprint density at radius 2 is 1.77 bits per heavy atom. The van der Waals surface area contributed by atoms with Crippen LogP contribution in [0.1, 0.15) is 39.4 Å². The summed E-state index contributed by atoms with van der Waals surface area (Å²) in [5.41, 5.74) is 1.15. The van der Waals surface area contributed by atoms with Crippen molar-refractivity contribution in [2.45, 2.75) is 63.6 Å². The number of hydrogen-bond donors (Lipinski definition) is 0. The first kappa shape index (κ1) is 17.2. The molecule has 0 aliphatic carbocycles. The van der Waals surface area contributed by atoms with E-state index in [1.165, 1.54) is 0 Å². The molecule has 0 N–H and O–H groups in total. The Balaban J connectivity index is 2.06. The molecule has 1 aliphatic heterocycles. The number of ether oxygens (including phenoxy) is 2. The first-order valence-electron chi connectivity index (χ1n) is 7.92. The molecular weight excluding hydrogens is 292 g/mol. The lowest BCUT2D eigenvalue weighted by molar-refractivity contribution is -0.120. The second-order valence-electron chi connectivity index (χ2n) is 7.85. The van der Waals surface area contributed by atoms with Crippen molar-refractivity contribution in [1.82, 2.24) is 0 Å². The van der Waals surface area contributed by atoms with Crippen molar-refractivity contribution >= 4 is 13.9 Å². The van der Waals surface area contributed by atoms with Gasteiger partial charge in [0.25, 0.3) is 0 Å². The van der Waals surface area contributed by atoms with Gasteiger partial charge in [-0.1, -0.05) is 52.9 Å². The third-order valence-corrected chi connectivity index (χ3v) is 12.0. The minimum atomic E-state index is -1.69. The van der Waals surface area contributed by atoms with Crippen LogP contribution in [0.3, 0.4) is 0 Å². The van der Waals surface area contributed by atoms with E-state index in [4.69, 9.17) is 9.47 Å². The summed E-state index contributed by atoms with van der Waals surface area (Å²) in [6.07, 6.45) is -0.344. The van der Waals surface area contributed by atoms with Gasteiger partial charge in [-0.15, -0.1) is 0 Å². The smallest absolute Gasteiger partial charge is 0.164 e. The number of ketones is 1. The Labute approximate surface area is 135 Å². The topological polar surface area (TPSA) is 38.8 Å². The molecule has 3 nitrogen and oxygen atoms in total. The number of rotatable bonds is 5. The van der Waals surface area contributed by atoms with Crippen LogP contribution in [0.15, 0.2) is 24.3 Å². The first-order valence-corrected chi connectivity index (χ1v) is 11.0. The van der Waals surface area contributed by atoms with Crippen molar-refractivity contribution < 1.29 is 14.3 Å². The third-order valence-electron chi connectivity index (χ3n) is 5.66. The fourth-order valence-corrected chi connectivity index (χ4v) is 4.80. The Bertz CT molecular complexity index is 542. The molecule has 1 aromatic rings. The Kier molecular flexibility index (Phi) is 4.55. The maximum absolute atomic E-state index is 12.8. The summed E-state index contributed by atoms with van der Waals surface area (Å²) < 4.78 is 10.9. The Morgan fingerprint density at radius 3 is 2.23 bits per heavy atom. The van der Waals surface area contributed by atoms with Crippen LogP contribution >= 0.6 is 0 Å². The van der Waals surface area contributed by atoms with E-state index < -0.39 is 8.07 Å².